The molecular weight excluding hydrogens is 342 g/mol. The molecule has 1 aliphatic heterocycles. The summed E-state index contributed by atoms with van der Waals surface area (Å²) in [6.07, 6.45) is 4.08. The third kappa shape index (κ3) is 3.54. The quantitative estimate of drug-likeness (QED) is 0.606. The molecule has 2 aromatic carbocycles. The van der Waals surface area contributed by atoms with Crippen molar-refractivity contribution in [1.29, 1.82) is 0 Å². The third-order valence-corrected chi connectivity index (χ3v) is 5.49. The van der Waals surface area contributed by atoms with Crippen LogP contribution in [0.4, 0.5) is 8.78 Å². The number of hydrogen-bond acceptors (Lipinski definition) is 1. The first-order valence-corrected chi connectivity index (χ1v) is 9.58. The zero-order valence-electron chi connectivity index (χ0n) is 15.5. The summed E-state index contributed by atoms with van der Waals surface area (Å²) < 4.78 is 29.8. The van der Waals surface area contributed by atoms with Crippen LogP contribution in [0.25, 0.3) is 0 Å². The molecule has 0 aliphatic carbocycles. The lowest BCUT2D eigenvalue weighted by Crippen LogP contribution is -2.30. The second-order valence-electron chi connectivity index (χ2n) is 7.15. The minimum absolute atomic E-state index is 0.0949. The monoisotopic (exact) mass is 366 g/mol. The second-order valence-corrected chi connectivity index (χ2v) is 7.15. The van der Waals surface area contributed by atoms with Crippen molar-refractivity contribution in [3.63, 3.8) is 0 Å². The van der Waals surface area contributed by atoms with Gasteiger partial charge in [0.2, 0.25) is 0 Å². The van der Waals surface area contributed by atoms with Crippen molar-refractivity contribution < 1.29 is 8.78 Å². The van der Waals surface area contributed by atoms with E-state index in [2.05, 4.69) is 52.9 Å². The average molecular weight is 366 g/mol. The molecule has 4 heteroatoms. The van der Waals surface area contributed by atoms with Gasteiger partial charge in [0.25, 0.3) is 0 Å². The highest BCUT2D eigenvalue weighted by Gasteiger charge is 2.28. The van der Waals surface area contributed by atoms with Gasteiger partial charge in [-0.2, -0.15) is 0 Å². The lowest BCUT2D eigenvalue weighted by Gasteiger charge is -2.31. The van der Waals surface area contributed by atoms with Gasteiger partial charge in [-0.3, -0.25) is 4.90 Å². The Morgan fingerprint density at radius 3 is 2.52 bits per heavy atom. The van der Waals surface area contributed by atoms with Crippen LogP contribution in [-0.2, 0) is 19.5 Å². The Balaban J connectivity index is 1.77. The first-order valence-electron chi connectivity index (χ1n) is 9.58. The van der Waals surface area contributed by atoms with Gasteiger partial charge in [-0.1, -0.05) is 37.3 Å². The van der Waals surface area contributed by atoms with Crippen molar-refractivity contribution in [3.05, 3.63) is 94.8 Å². The number of hydrogen-bond donors (Lipinski definition) is 0. The predicted molar refractivity (Wildman–Crippen MR) is 103 cm³/mol. The van der Waals surface area contributed by atoms with Crippen LogP contribution in [0, 0.1) is 11.6 Å². The summed E-state index contributed by atoms with van der Waals surface area (Å²) in [5, 5.41) is 0. The fourth-order valence-electron chi connectivity index (χ4n) is 4.15. The molecule has 0 saturated carbocycles. The van der Waals surface area contributed by atoms with Crippen LogP contribution < -0.4 is 0 Å². The Kier molecular flexibility index (Phi) is 5.08. The maximum Gasteiger partial charge on any atom is 0.159 e. The van der Waals surface area contributed by atoms with Crippen LogP contribution in [0.15, 0.2) is 60.8 Å². The topological polar surface area (TPSA) is 8.17 Å². The Morgan fingerprint density at radius 1 is 0.926 bits per heavy atom. The Hall–Kier alpha value is -2.46. The molecule has 1 aliphatic rings. The van der Waals surface area contributed by atoms with Crippen molar-refractivity contribution in [2.45, 2.75) is 38.9 Å². The Bertz CT molecular complexity index is 932. The highest BCUT2D eigenvalue weighted by Crippen LogP contribution is 2.34. The highest BCUT2D eigenvalue weighted by molar-refractivity contribution is 5.32. The fourth-order valence-corrected chi connectivity index (χ4v) is 4.15. The molecule has 0 fully saturated rings. The predicted octanol–water partition coefficient (Wildman–Crippen LogP) is 5.32. The third-order valence-electron chi connectivity index (χ3n) is 5.49. The highest BCUT2D eigenvalue weighted by atomic mass is 19.2. The summed E-state index contributed by atoms with van der Waals surface area (Å²) in [4.78, 5) is 2.39. The van der Waals surface area contributed by atoms with Crippen LogP contribution in [-0.4, -0.2) is 16.0 Å². The summed E-state index contributed by atoms with van der Waals surface area (Å²) in [5.41, 5.74) is 4.56. The summed E-state index contributed by atoms with van der Waals surface area (Å²) in [6, 6.07) is 16.8. The minimum Gasteiger partial charge on any atom is -0.350 e. The zero-order valence-corrected chi connectivity index (χ0v) is 15.5. The van der Waals surface area contributed by atoms with Crippen molar-refractivity contribution in [1.82, 2.24) is 9.47 Å². The van der Waals surface area contributed by atoms with Crippen LogP contribution in [0.1, 0.15) is 41.8 Å². The maximum atomic E-state index is 14.0. The van der Waals surface area contributed by atoms with Crippen molar-refractivity contribution in [3.8, 4) is 0 Å². The van der Waals surface area contributed by atoms with Crippen molar-refractivity contribution >= 4 is 0 Å². The lowest BCUT2D eigenvalue weighted by atomic mass is 9.99. The molecule has 0 radical (unpaired) electrons. The zero-order chi connectivity index (χ0) is 18.8. The average Bonchev–Trinajstić information content (AvgIpc) is 3.06. The Labute approximate surface area is 159 Å². The summed E-state index contributed by atoms with van der Waals surface area (Å²) in [5.74, 6) is -1.59. The van der Waals surface area contributed by atoms with E-state index >= 15 is 0 Å². The van der Waals surface area contributed by atoms with E-state index in [0.29, 0.717) is 0 Å². The molecule has 4 rings (SSSR count). The maximum absolute atomic E-state index is 14.0. The number of nitrogens with zero attached hydrogens (tertiary/aromatic N) is 2. The van der Waals surface area contributed by atoms with Gasteiger partial charge in [0.1, 0.15) is 0 Å². The van der Waals surface area contributed by atoms with E-state index in [-0.39, 0.29) is 6.04 Å². The van der Waals surface area contributed by atoms with E-state index in [4.69, 9.17) is 0 Å². The van der Waals surface area contributed by atoms with Crippen LogP contribution >= 0.6 is 0 Å². The van der Waals surface area contributed by atoms with Crippen LogP contribution in [0.2, 0.25) is 0 Å². The van der Waals surface area contributed by atoms with Gasteiger partial charge in [0.05, 0.1) is 6.04 Å². The van der Waals surface area contributed by atoms with E-state index in [0.717, 1.165) is 43.7 Å². The van der Waals surface area contributed by atoms with E-state index in [1.165, 1.54) is 23.3 Å². The van der Waals surface area contributed by atoms with Gasteiger partial charge in [0.15, 0.2) is 11.6 Å². The molecule has 3 aromatic rings. The van der Waals surface area contributed by atoms with Gasteiger partial charge >= 0.3 is 0 Å². The molecule has 1 atom stereocenters. The minimum atomic E-state index is -0.800. The number of rotatable bonds is 4. The molecule has 0 saturated heterocycles. The summed E-state index contributed by atoms with van der Waals surface area (Å²) >= 11 is 0. The summed E-state index contributed by atoms with van der Waals surface area (Å²) in [7, 11) is 0. The van der Waals surface area contributed by atoms with Crippen molar-refractivity contribution in [2.75, 3.05) is 6.54 Å². The molecular formula is C23H24F2N2. The SMILES string of the molecule is CCc1ccccc1CN1CCCn2cccc2[C@H]1c1ccc(F)c(F)c1. The first-order chi connectivity index (χ1) is 13.2. The van der Waals surface area contributed by atoms with E-state index in [9.17, 15) is 8.78 Å². The van der Waals surface area contributed by atoms with E-state index < -0.39 is 11.6 Å². The largest absolute Gasteiger partial charge is 0.350 e. The Morgan fingerprint density at radius 2 is 1.74 bits per heavy atom. The molecule has 2 heterocycles. The molecule has 0 amide bonds. The van der Waals surface area contributed by atoms with Gasteiger partial charge in [-0.15, -0.1) is 0 Å². The first kappa shape index (κ1) is 17.9. The number of aryl methyl sites for hydroxylation is 2. The molecule has 2 nitrogen and oxygen atoms in total. The molecule has 0 N–H and O–H groups in total. The smallest absolute Gasteiger partial charge is 0.159 e. The number of halogens is 2. The molecule has 140 valence electrons. The van der Waals surface area contributed by atoms with Gasteiger partial charge < -0.3 is 4.57 Å². The molecule has 27 heavy (non-hydrogen) atoms. The standard InChI is InChI=1S/C23H24F2N2/c1-2-17-7-3-4-8-19(17)16-27-14-6-13-26-12-5-9-22(26)23(27)18-10-11-20(24)21(25)15-18/h3-5,7-12,15,23H,2,6,13-14,16H2,1H3/t23-/m1/s1. The molecule has 0 spiro atoms. The van der Waals surface area contributed by atoms with Crippen LogP contribution in [0.3, 0.4) is 0 Å². The van der Waals surface area contributed by atoms with Crippen LogP contribution in [0.5, 0.6) is 0 Å². The summed E-state index contributed by atoms with van der Waals surface area (Å²) in [6.45, 7) is 4.80. The molecule has 1 aromatic heterocycles. The van der Waals surface area contributed by atoms with Gasteiger partial charge in [-0.05, 0) is 53.8 Å². The molecule has 0 unspecified atom stereocenters. The fraction of sp³-hybridized carbons (Fsp3) is 0.304. The number of fused-ring (bicyclic) bond motifs is 1. The van der Waals surface area contributed by atoms with E-state index in [1.54, 1.807) is 6.07 Å². The van der Waals surface area contributed by atoms with Gasteiger partial charge in [-0.25, -0.2) is 8.78 Å². The second kappa shape index (κ2) is 7.65. The van der Waals surface area contributed by atoms with Gasteiger partial charge in [0, 0.05) is 31.5 Å². The van der Waals surface area contributed by atoms with Crippen molar-refractivity contribution in [2.24, 2.45) is 0 Å². The number of aromatic nitrogens is 1. The molecule has 0 bridgehead atoms. The number of benzene rings is 2. The lowest BCUT2D eigenvalue weighted by molar-refractivity contribution is 0.219. The normalized spacial score (nSPS) is 17.5. The van der Waals surface area contributed by atoms with E-state index in [1.807, 2.05) is 6.07 Å².